The number of aryl methyl sites for hydroxylation is 1. The zero-order valence-electron chi connectivity index (χ0n) is 16.1. The van der Waals surface area contributed by atoms with Crippen molar-refractivity contribution in [3.63, 3.8) is 0 Å². The number of nitrogens with zero attached hydrogens (tertiary/aromatic N) is 3. The first-order chi connectivity index (χ1) is 12.6. The van der Waals surface area contributed by atoms with E-state index >= 15 is 0 Å². The van der Waals surface area contributed by atoms with Crippen molar-refractivity contribution in [3.05, 3.63) is 35.9 Å². The average Bonchev–Trinajstić information content (AvgIpc) is 2.67. The molecule has 144 valence electrons. The molecule has 0 unspecified atom stereocenters. The van der Waals surface area contributed by atoms with Gasteiger partial charge in [0.15, 0.2) is 0 Å². The second-order valence-corrected chi connectivity index (χ2v) is 6.66. The van der Waals surface area contributed by atoms with Gasteiger partial charge in [0.2, 0.25) is 5.91 Å². The van der Waals surface area contributed by atoms with Crippen LogP contribution in [-0.2, 0) is 11.2 Å². The molecule has 0 atom stereocenters. The van der Waals surface area contributed by atoms with Crippen molar-refractivity contribution in [2.45, 2.75) is 26.7 Å². The number of rotatable bonds is 8. The molecule has 26 heavy (non-hydrogen) atoms. The number of amides is 3. The number of benzene rings is 1. The molecule has 1 aliphatic heterocycles. The summed E-state index contributed by atoms with van der Waals surface area (Å²) in [5.41, 5.74) is 1.30. The van der Waals surface area contributed by atoms with Crippen LogP contribution < -0.4 is 5.32 Å². The summed E-state index contributed by atoms with van der Waals surface area (Å²) < 4.78 is 0. The monoisotopic (exact) mass is 360 g/mol. The van der Waals surface area contributed by atoms with Gasteiger partial charge in [-0.25, -0.2) is 4.79 Å². The molecule has 1 N–H and O–H groups in total. The molecule has 0 aliphatic carbocycles. The van der Waals surface area contributed by atoms with Crippen molar-refractivity contribution in [2.75, 3.05) is 52.4 Å². The van der Waals surface area contributed by atoms with Gasteiger partial charge in [-0.3, -0.25) is 9.69 Å². The van der Waals surface area contributed by atoms with E-state index in [0.29, 0.717) is 26.2 Å². The van der Waals surface area contributed by atoms with Gasteiger partial charge in [0.05, 0.1) is 6.54 Å². The Bertz CT molecular complexity index is 552. The fraction of sp³-hybridized carbons (Fsp3) is 0.600. The van der Waals surface area contributed by atoms with E-state index in [4.69, 9.17) is 0 Å². The molecule has 1 saturated heterocycles. The maximum absolute atomic E-state index is 12.3. The van der Waals surface area contributed by atoms with Gasteiger partial charge >= 0.3 is 6.03 Å². The molecule has 0 spiro atoms. The smallest absolute Gasteiger partial charge is 0.320 e. The van der Waals surface area contributed by atoms with Crippen molar-refractivity contribution in [1.29, 1.82) is 0 Å². The van der Waals surface area contributed by atoms with Crippen molar-refractivity contribution < 1.29 is 9.59 Å². The first-order valence-corrected chi connectivity index (χ1v) is 9.70. The quantitative estimate of drug-likeness (QED) is 0.720. The van der Waals surface area contributed by atoms with E-state index in [1.54, 1.807) is 0 Å². The van der Waals surface area contributed by atoms with E-state index in [0.717, 1.165) is 39.0 Å². The minimum absolute atomic E-state index is 0.0709. The summed E-state index contributed by atoms with van der Waals surface area (Å²) in [4.78, 5) is 30.3. The van der Waals surface area contributed by atoms with E-state index < -0.39 is 0 Å². The predicted octanol–water partition coefficient (Wildman–Crippen LogP) is 1.81. The van der Waals surface area contributed by atoms with Crippen LogP contribution in [0.25, 0.3) is 0 Å². The molecule has 0 bridgehead atoms. The summed E-state index contributed by atoms with van der Waals surface area (Å²) in [6.45, 7) is 9.48. The summed E-state index contributed by atoms with van der Waals surface area (Å²) in [5.74, 6) is 0.0709. The van der Waals surface area contributed by atoms with Crippen LogP contribution in [0.3, 0.4) is 0 Å². The maximum Gasteiger partial charge on any atom is 0.320 e. The Kier molecular flexibility index (Phi) is 8.41. The third kappa shape index (κ3) is 6.33. The summed E-state index contributed by atoms with van der Waals surface area (Å²) in [6, 6.07) is 10.4. The highest BCUT2D eigenvalue weighted by atomic mass is 16.2. The van der Waals surface area contributed by atoms with Gasteiger partial charge in [-0.15, -0.1) is 0 Å². The van der Waals surface area contributed by atoms with Crippen LogP contribution in [0, 0.1) is 0 Å². The van der Waals surface area contributed by atoms with Gasteiger partial charge in [-0.05, 0) is 32.3 Å². The largest absolute Gasteiger partial charge is 0.355 e. The molecule has 0 saturated carbocycles. The van der Waals surface area contributed by atoms with Gasteiger partial charge < -0.3 is 15.1 Å². The van der Waals surface area contributed by atoms with Crippen LogP contribution in [0.1, 0.15) is 25.8 Å². The third-order valence-corrected chi connectivity index (χ3v) is 4.85. The molecule has 1 aromatic rings. The normalized spacial score (nSPS) is 14.9. The number of nitrogens with one attached hydrogen (secondary N) is 1. The molecule has 1 heterocycles. The molecular weight excluding hydrogens is 328 g/mol. The molecule has 6 nitrogen and oxygen atoms in total. The molecule has 0 aromatic heterocycles. The van der Waals surface area contributed by atoms with E-state index in [-0.39, 0.29) is 11.9 Å². The lowest BCUT2D eigenvalue weighted by molar-refractivity contribution is -0.122. The Morgan fingerprint density at radius 3 is 2.31 bits per heavy atom. The number of hydrogen-bond acceptors (Lipinski definition) is 3. The molecular formula is C20H32N4O2. The number of carbonyl (C=O) groups is 2. The number of hydrogen-bond donors (Lipinski definition) is 1. The van der Waals surface area contributed by atoms with Gasteiger partial charge in [0, 0.05) is 45.8 Å². The molecule has 1 aromatic carbocycles. The van der Waals surface area contributed by atoms with E-state index in [9.17, 15) is 9.59 Å². The summed E-state index contributed by atoms with van der Waals surface area (Å²) in [7, 11) is 0. The van der Waals surface area contributed by atoms with Crippen LogP contribution in [-0.4, -0.2) is 79.0 Å². The van der Waals surface area contributed by atoms with Crippen LogP contribution in [0.2, 0.25) is 0 Å². The lowest BCUT2D eigenvalue weighted by Gasteiger charge is -2.36. The fourth-order valence-corrected chi connectivity index (χ4v) is 3.22. The highest BCUT2D eigenvalue weighted by Crippen LogP contribution is 2.06. The zero-order chi connectivity index (χ0) is 18.8. The van der Waals surface area contributed by atoms with Crippen molar-refractivity contribution in [1.82, 2.24) is 20.0 Å². The van der Waals surface area contributed by atoms with Crippen LogP contribution in [0.15, 0.2) is 30.3 Å². The maximum atomic E-state index is 12.3. The van der Waals surface area contributed by atoms with Crippen molar-refractivity contribution >= 4 is 11.9 Å². The average molecular weight is 361 g/mol. The SMILES string of the molecule is CCN(CC)C(=O)N1CCN(CC(=O)NCCCc2ccccc2)CC1. The van der Waals surface area contributed by atoms with Crippen LogP contribution in [0.5, 0.6) is 0 Å². The summed E-state index contributed by atoms with van der Waals surface area (Å²) in [6.07, 6.45) is 1.93. The fourth-order valence-electron chi connectivity index (χ4n) is 3.22. The molecule has 3 amide bonds. The van der Waals surface area contributed by atoms with Crippen molar-refractivity contribution in [2.24, 2.45) is 0 Å². The molecule has 1 aliphatic rings. The molecule has 1 fully saturated rings. The Morgan fingerprint density at radius 1 is 1.04 bits per heavy atom. The minimum Gasteiger partial charge on any atom is -0.355 e. The second kappa shape index (κ2) is 10.8. The number of piperazine rings is 1. The van der Waals surface area contributed by atoms with Crippen molar-refractivity contribution in [3.8, 4) is 0 Å². The van der Waals surface area contributed by atoms with E-state index in [1.165, 1.54) is 5.56 Å². The van der Waals surface area contributed by atoms with Gasteiger partial charge in [0.25, 0.3) is 0 Å². The molecule has 0 radical (unpaired) electrons. The highest BCUT2D eigenvalue weighted by Gasteiger charge is 2.24. The van der Waals surface area contributed by atoms with Gasteiger partial charge in [0.1, 0.15) is 0 Å². The van der Waals surface area contributed by atoms with Gasteiger partial charge in [-0.2, -0.15) is 0 Å². The first-order valence-electron chi connectivity index (χ1n) is 9.70. The molecule has 2 rings (SSSR count). The Labute approximate surface area is 157 Å². The van der Waals surface area contributed by atoms with Gasteiger partial charge in [-0.1, -0.05) is 30.3 Å². The first kappa shape index (κ1) is 20.2. The standard InChI is InChI=1S/C20H32N4O2/c1-3-23(4-2)20(26)24-15-13-22(14-16-24)17-19(25)21-12-8-11-18-9-6-5-7-10-18/h5-7,9-10H,3-4,8,11-17H2,1-2H3,(H,21,25). The summed E-state index contributed by atoms with van der Waals surface area (Å²) in [5, 5.41) is 3.00. The van der Waals surface area contributed by atoms with Crippen LogP contribution in [0.4, 0.5) is 4.79 Å². The van der Waals surface area contributed by atoms with E-state index in [2.05, 4.69) is 22.3 Å². The Morgan fingerprint density at radius 2 is 1.69 bits per heavy atom. The zero-order valence-corrected chi connectivity index (χ0v) is 16.1. The Hall–Kier alpha value is -2.08. The van der Waals surface area contributed by atoms with E-state index in [1.807, 2.05) is 41.8 Å². The predicted molar refractivity (Wildman–Crippen MR) is 104 cm³/mol. The topological polar surface area (TPSA) is 55.9 Å². The molecule has 6 heteroatoms. The summed E-state index contributed by atoms with van der Waals surface area (Å²) >= 11 is 0. The highest BCUT2D eigenvalue weighted by molar-refractivity contribution is 5.78. The third-order valence-electron chi connectivity index (χ3n) is 4.85. The lowest BCUT2D eigenvalue weighted by Crippen LogP contribution is -2.54. The minimum atomic E-state index is 0.0709. The lowest BCUT2D eigenvalue weighted by atomic mass is 10.1. The number of carbonyl (C=O) groups excluding carboxylic acids is 2. The second-order valence-electron chi connectivity index (χ2n) is 6.66. The van der Waals surface area contributed by atoms with Crippen LogP contribution >= 0.6 is 0 Å². The number of urea groups is 1. The Balaban J connectivity index is 1.61.